The predicted octanol–water partition coefficient (Wildman–Crippen LogP) is 0.527. The van der Waals surface area contributed by atoms with Gasteiger partial charge in [-0.25, -0.2) is 9.59 Å². The van der Waals surface area contributed by atoms with E-state index in [1.807, 2.05) is 9.80 Å². The summed E-state index contributed by atoms with van der Waals surface area (Å²) in [6.45, 7) is 4.62. The first kappa shape index (κ1) is 17.4. The van der Waals surface area contributed by atoms with Crippen LogP contribution in [-0.2, 0) is 9.53 Å². The van der Waals surface area contributed by atoms with Gasteiger partial charge in [0.05, 0.1) is 7.11 Å². The van der Waals surface area contributed by atoms with Crippen LogP contribution in [0.1, 0.15) is 32.6 Å². The summed E-state index contributed by atoms with van der Waals surface area (Å²) in [5.41, 5.74) is 0. The number of carbonyl (C=O) groups excluding carboxylic acids is 3. The lowest BCUT2D eigenvalue weighted by Gasteiger charge is -2.35. The molecule has 1 atom stereocenters. The fraction of sp³-hybridized carbons (Fsp3) is 0.800. The van der Waals surface area contributed by atoms with Gasteiger partial charge < -0.3 is 25.2 Å². The molecular formula is C15H26N4O4. The van der Waals surface area contributed by atoms with Crippen LogP contribution in [-0.4, -0.2) is 73.2 Å². The molecule has 130 valence electrons. The molecule has 0 aliphatic carbocycles. The molecule has 2 fully saturated rings. The van der Waals surface area contributed by atoms with Crippen molar-refractivity contribution in [3.63, 3.8) is 0 Å². The van der Waals surface area contributed by atoms with Crippen molar-refractivity contribution < 1.29 is 19.1 Å². The van der Waals surface area contributed by atoms with Crippen molar-refractivity contribution in [2.75, 3.05) is 33.3 Å². The number of urea groups is 1. The van der Waals surface area contributed by atoms with Crippen LogP contribution in [0.5, 0.6) is 0 Å². The Kier molecular flexibility index (Phi) is 6.06. The molecule has 0 aromatic rings. The number of carbonyl (C=O) groups is 3. The summed E-state index contributed by atoms with van der Waals surface area (Å²) in [4.78, 5) is 39.2. The number of alkyl carbamates (subject to hydrolysis) is 1. The molecule has 2 rings (SSSR count). The average molecular weight is 326 g/mol. The van der Waals surface area contributed by atoms with Gasteiger partial charge in [-0.3, -0.25) is 4.79 Å². The largest absolute Gasteiger partial charge is 0.453 e. The minimum atomic E-state index is -0.647. The first-order valence-electron chi connectivity index (χ1n) is 8.20. The second kappa shape index (κ2) is 8.03. The van der Waals surface area contributed by atoms with Gasteiger partial charge in [-0.05, 0) is 32.6 Å². The molecular weight excluding hydrogens is 300 g/mol. The third-order valence-corrected chi connectivity index (χ3v) is 4.40. The fourth-order valence-electron chi connectivity index (χ4n) is 2.95. The standard InChI is InChI=1S/C15H26N4O4/c1-11(16-14(21)23-2)13(20)17-12-5-9-19(10-6-12)15(22)18-7-3-4-8-18/h11-12H,3-10H2,1-2H3,(H,16,21)(H,17,20)/t11-/m0/s1. The van der Waals surface area contributed by atoms with Crippen LogP contribution in [0.15, 0.2) is 0 Å². The minimum Gasteiger partial charge on any atom is -0.453 e. The molecule has 2 aliphatic heterocycles. The maximum absolute atomic E-state index is 12.3. The van der Waals surface area contributed by atoms with Crippen molar-refractivity contribution in [2.24, 2.45) is 0 Å². The number of methoxy groups -OCH3 is 1. The Morgan fingerprint density at radius 3 is 2.17 bits per heavy atom. The van der Waals surface area contributed by atoms with Crippen LogP contribution >= 0.6 is 0 Å². The molecule has 0 spiro atoms. The van der Waals surface area contributed by atoms with Crippen LogP contribution in [0.25, 0.3) is 0 Å². The maximum Gasteiger partial charge on any atom is 0.407 e. The van der Waals surface area contributed by atoms with E-state index in [1.54, 1.807) is 6.92 Å². The number of ether oxygens (including phenoxy) is 1. The van der Waals surface area contributed by atoms with Crippen molar-refractivity contribution in [1.29, 1.82) is 0 Å². The highest BCUT2D eigenvalue weighted by molar-refractivity contribution is 5.85. The van der Waals surface area contributed by atoms with Crippen LogP contribution in [0.3, 0.4) is 0 Å². The van der Waals surface area contributed by atoms with Crippen molar-refractivity contribution in [3.8, 4) is 0 Å². The zero-order valence-electron chi connectivity index (χ0n) is 13.8. The number of amides is 4. The van der Waals surface area contributed by atoms with Gasteiger partial charge in [0.2, 0.25) is 5.91 Å². The van der Waals surface area contributed by atoms with Gasteiger partial charge in [-0.1, -0.05) is 0 Å². The first-order chi connectivity index (χ1) is 11.0. The van der Waals surface area contributed by atoms with Gasteiger partial charge in [-0.15, -0.1) is 0 Å². The Morgan fingerprint density at radius 2 is 1.61 bits per heavy atom. The minimum absolute atomic E-state index is 0.0343. The first-order valence-corrected chi connectivity index (χ1v) is 8.20. The van der Waals surface area contributed by atoms with E-state index in [-0.39, 0.29) is 18.0 Å². The molecule has 0 saturated carbocycles. The number of likely N-dealkylation sites (tertiary alicyclic amines) is 2. The fourth-order valence-corrected chi connectivity index (χ4v) is 2.95. The van der Waals surface area contributed by atoms with E-state index < -0.39 is 12.1 Å². The van der Waals surface area contributed by atoms with E-state index in [2.05, 4.69) is 15.4 Å². The Morgan fingerprint density at radius 1 is 1.04 bits per heavy atom. The quantitative estimate of drug-likeness (QED) is 0.791. The molecule has 8 heteroatoms. The Labute approximate surface area is 136 Å². The summed E-state index contributed by atoms with van der Waals surface area (Å²) in [6, 6.07) is -0.494. The Balaban J connectivity index is 1.72. The van der Waals surface area contributed by atoms with Crippen molar-refractivity contribution in [1.82, 2.24) is 20.4 Å². The van der Waals surface area contributed by atoms with Crippen LogP contribution in [0, 0.1) is 0 Å². The number of piperidine rings is 1. The number of nitrogens with zero attached hydrogens (tertiary/aromatic N) is 2. The SMILES string of the molecule is COC(=O)N[C@@H](C)C(=O)NC1CCN(C(=O)N2CCCC2)CC1. The van der Waals surface area contributed by atoms with Crippen molar-refractivity contribution in [3.05, 3.63) is 0 Å². The predicted molar refractivity (Wildman–Crippen MR) is 83.9 cm³/mol. The molecule has 2 N–H and O–H groups in total. The Hall–Kier alpha value is -1.99. The van der Waals surface area contributed by atoms with E-state index in [1.165, 1.54) is 7.11 Å². The zero-order valence-corrected chi connectivity index (χ0v) is 13.8. The number of hydrogen-bond donors (Lipinski definition) is 2. The number of rotatable bonds is 3. The molecule has 4 amide bonds. The second-order valence-electron chi connectivity index (χ2n) is 6.10. The van der Waals surface area contributed by atoms with E-state index in [0.29, 0.717) is 13.1 Å². The lowest BCUT2D eigenvalue weighted by molar-refractivity contribution is -0.123. The molecule has 0 bridgehead atoms. The molecule has 23 heavy (non-hydrogen) atoms. The molecule has 2 aliphatic rings. The van der Waals surface area contributed by atoms with Gasteiger partial charge in [-0.2, -0.15) is 0 Å². The van der Waals surface area contributed by atoms with Gasteiger partial charge in [0, 0.05) is 32.2 Å². The zero-order chi connectivity index (χ0) is 16.8. The lowest BCUT2D eigenvalue weighted by atomic mass is 10.0. The topological polar surface area (TPSA) is 91.0 Å². The summed E-state index contributed by atoms with van der Waals surface area (Å²) in [5.74, 6) is -0.236. The third-order valence-electron chi connectivity index (χ3n) is 4.40. The summed E-state index contributed by atoms with van der Waals surface area (Å²) in [7, 11) is 1.26. The van der Waals surface area contributed by atoms with Crippen LogP contribution < -0.4 is 10.6 Å². The maximum atomic E-state index is 12.3. The second-order valence-corrected chi connectivity index (χ2v) is 6.10. The molecule has 2 heterocycles. The van der Waals surface area contributed by atoms with Gasteiger partial charge in [0.15, 0.2) is 0 Å². The smallest absolute Gasteiger partial charge is 0.407 e. The van der Waals surface area contributed by atoms with Crippen molar-refractivity contribution >= 4 is 18.0 Å². The van der Waals surface area contributed by atoms with Gasteiger partial charge in [0.1, 0.15) is 6.04 Å². The van der Waals surface area contributed by atoms with Gasteiger partial charge in [0.25, 0.3) is 0 Å². The summed E-state index contributed by atoms with van der Waals surface area (Å²) >= 11 is 0. The molecule has 0 aromatic heterocycles. The van der Waals surface area contributed by atoms with E-state index >= 15 is 0 Å². The molecule has 2 saturated heterocycles. The number of hydrogen-bond acceptors (Lipinski definition) is 4. The molecule has 8 nitrogen and oxygen atoms in total. The summed E-state index contributed by atoms with van der Waals surface area (Å²) < 4.78 is 4.47. The van der Waals surface area contributed by atoms with Crippen LogP contribution in [0.2, 0.25) is 0 Å². The van der Waals surface area contributed by atoms with E-state index in [0.717, 1.165) is 38.8 Å². The highest BCUT2D eigenvalue weighted by atomic mass is 16.5. The normalized spacial score (nSPS) is 20.1. The highest BCUT2D eigenvalue weighted by Crippen LogP contribution is 2.16. The monoisotopic (exact) mass is 326 g/mol. The van der Waals surface area contributed by atoms with Crippen LogP contribution in [0.4, 0.5) is 9.59 Å². The van der Waals surface area contributed by atoms with Crippen molar-refractivity contribution in [2.45, 2.75) is 44.7 Å². The summed E-state index contributed by atoms with van der Waals surface area (Å²) in [6.07, 6.45) is 3.01. The summed E-state index contributed by atoms with van der Waals surface area (Å²) in [5, 5.41) is 5.35. The Bertz CT molecular complexity index is 443. The third kappa shape index (κ3) is 4.74. The molecule has 0 radical (unpaired) electrons. The van der Waals surface area contributed by atoms with E-state index in [9.17, 15) is 14.4 Å². The lowest BCUT2D eigenvalue weighted by Crippen LogP contribution is -2.53. The molecule has 0 unspecified atom stereocenters. The molecule has 0 aromatic carbocycles. The van der Waals surface area contributed by atoms with E-state index in [4.69, 9.17) is 0 Å². The number of nitrogens with one attached hydrogen (secondary N) is 2. The van der Waals surface area contributed by atoms with Gasteiger partial charge >= 0.3 is 12.1 Å². The highest BCUT2D eigenvalue weighted by Gasteiger charge is 2.29. The average Bonchev–Trinajstić information content (AvgIpc) is 3.09.